The minimum Gasteiger partial charge on any atom is -0.490 e. The van der Waals surface area contributed by atoms with E-state index in [1.165, 1.54) is 5.56 Å². The van der Waals surface area contributed by atoms with Gasteiger partial charge >= 0.3 is 0 Å². The molecule has 0 bridgehead atoms. The van der Waals surface area contributed by atoms with Crippen molar-refractivity contribution in [3.8, 4) is 5.75 Å². The molecule has 0 aliphatic rings. The molecule has 1 aromatic rings. The van der Waals surface area contributed by atoms with Gasteiger partial charge < -0.3 is 10.5 Å². The van der Waals surface area contributed by atoms with Crippen LogP contribution in [-0.4, -0.2) is 12.6 Å². The van der Waals surface area contributed by atoms with Gasteiger partial charge in [-0.3, -0.25) is 0 Å². The van der Waals surface area contributed by atoms with Crippen LogP contribution >= 0.6 is 0 Å². The minimum absolute atomic E-state index is 0.241. The van der Waals surface area contributed by atoms with Crippen LogP contribution in [0.3, 0.4) is 0 Å². The molecule has 0 saturated carbocycles. The normalized spacial score (nSPS) is 14.4. The molecule has 17 heavy (non-hydrogen) atoms. The highest BCUT2D eigenvalue weighted by molar-refractivity contribution is 5.36. The lowest BCUT2D eigenvalue weighted by atomic mass is 9.97. The van der Waals surface area contributed by atoms with Crippen molar-refractivity contribution in [3.05, 3.63) is 29.8 Å². The maximum absolute atomic E-state index is 6.08. The quantitative estimate of drug-likeness (QED) is 0.782. The third-order valence-corrected chi connectivity index (χ3v) is 3.30. The summed E-state index contributed by atoms with van der Waals surface area (Å²) in [4.78, 5) is 0. The molecule has 0 aliphatic heterocycles. The number of para-hydroxylation sites is 1. The van der Waals surface area contributed by atoms with Crippen molar-refractivity contribution in [3.63, 3.8) is 0 Å². The summed E-state index contributed by atoms with van der Waals surface area (Å²) >= 11 is 0. The topological polar surface area (TPSA) is 35.2 Å². The summed E-state index contributed by atoms with van der Waals surface area (Å²) in [5.41, 5.74) is 6.91. The zero-order valence-electron chi connectivity index (χ0n) is 11.3. The van der Waals surface area contributed by atoms with Crippen molar-refractivity contribution >= 4 is 0 Å². The largest absolute Gasteiger partial charge is 0.490 e. The van der Waals surface area contributed by atoms with Crippen LogP contribution in [-0.2, 0) is 0 Å². The lowest BCUT2D eigenvalue weighted by molar-refractivity contribution is 0.187. The Hall–Kier alpha value is -1.02. The lowest BCUT2D eigenvalue weighted by Crippen LogP contribution is -2.20. The molecule has 2 unspecified atom stereocenters. The smallest absolute Gasteiger partial charge is 0.123 e. The third-order valence-electron chi connectivity index (χ3n) is 3.30. The van der Waals surface area contributed by atoms with E-state index in [2.05, 4.69) is 39.0 Å². The van der Waals surface area contributed by atoms with Crippen molar-refractivity contribution in [2.24, 2.45) is 5.73 Å². The third kappa shape index (κ3) is 4.04. The number of rotatable bonds is 7. The van der Waals surface area contributed by atoms with Gasteiger partial charge in [-0.2, -0.15) is 0 Å². The predicted octanol–water partition coefficient (Wildman–Crippen LogP) is 3.71. The van der Waals surface area contributed by atoms with Crippen molar-refractivity contribution in [2.45, 2.75) is 52.1 Å². The van der Waals surface area contributed by atoms with Gasteiger partial charge in [0.25, 0.3) is 0 Å². The van der Waals surface area contributed by atoms with E-state index in [1.807, 2.05) is 6.07 Å². The highest BCUT2D eigenvalue weighted by atomic mass is 16.5. The van der Waals surface area contributed by atoms with E-state index in [4.69, 9.17) is 10.5 Å². The first kappa shape index (κ1) is 14.0. The first-order chi connectivity index (χ1) is 8.22. The molecule has 1 aromatic carbocycles. The van der Waals surface area contributed by atoms with Crippen LogP contribution in [0.1, 0.15) is 51.5 Å². The number of nitrogens with two attached hydrogens (primary N) is 1. The second-order valence-corrected chi connectivity index (χ2v) is 4.57. The predicted molar refractivity (Wildman–Crippen MR) is 73.5 cm³/mol. The van der Waals surface area contributed by atoms with E-state index in [9.17, 15) is 0 Å². The molecule has 0 saturated heterocycles. The van der Waals surface area contributed by atoms with Crippen LogP contribution in [0, 0.1) is 0 Å². The molecule has 0 amide bonds. The molecule has 0 radical (unpaired) electrons. The summed E-state index contributed by atoms with van der Waals surface area (Å²) < 4.78 is 6.08. The Morgan fingerprint density at radius 3 is 2.47 bits per heavy atom. The molecule has 0 aromatic heterocycles. The Morgan fingerprint density at radius 2 is 1.88 bits per heavy atom. The Labute approximate surface area is 105 Å². The zero-order valence-corrected chi connectivity index (χ0v) is 11.3. The maximum atomic E-state index is 6.08. The van der Waals surface area contributed by atoms with Gasteiger partial charge in [-0.1, -0.05) is 39.0 Å². The minimum atomic E-state index is 0.241. The van der Waals surface area contributed by atoms with Gasteiger partial charge in [-0.05, 0) is 43.4 Å². The zero-order chi connectivity index (χ0) is 12.7. The van der Waals surface area contributed by atoms with Crippen molar-refractivity contribution in [1.82, 2.24) is 0 Å². The Kier molecular flexibility index (Phi) is 6.06. The molecule has 0 heterocycles. The highest BCUT2D eigenvalue weighted by Crippen LogP contribution is 2.29. The van der Waals surface area contributed by atoms with Crippen LogP contribution in [0.25, 0.3) is 0 Å². The summed E-state index contributed by atoms with van der Waals surface area (Å²) in [6.45, 7) is 7.28. The number of hydrogen-bond acceptors (Lipinski definition) is 2. The standard InChI is InChI=1S/C15H25NO/c1-4-12(3)14-8-6-7-9-15(14)17-13(5-2)10-11-16/h6-9,12-13H,4-5,10-11,16H2,1-3H3. The maximum Gasteiger partial charge on any atom is 0.123 e. The van der Waals surface area contributed by atoms with Crippen molar-refractivity contribution < 1.29 is 4.74 Å². The molecule has 0 fully saturated rings. The molecule has 2 nitrogen and oxygen atoms in total. The van der Waals surface area contributed by atoms with Gasteiger partial charge in [0.1, 0.15) is 5.75 Å². The number of benzene rings is 1. The van der Waals surface area contributed by atoms with Gasteiger partial charge in [0.05, 0.1) is 6.10 Å². The van der Waals surface area contributed by atoms with Gasteiger partial charge in [-0.25, -0.2) is 0 Å². The van der Waals surface area contributed by atoms with E-state index in [1.54, 1.807) is 0 Å². The second-order valence-electron chi connectivity index (χ2n) is 4.57. The summed E-state index contributed by atoms with van der Waals surface area (Å²) in [5, 5.41) is 0. The van der Waals surface area contributed by atoms with Crippen LogP contribution in [0.5, 0.6) is 5.75 Å². The van der Waals surface area contributed by atoms with Crippen molar-refractivity contribution in [1.29, 1.82) is 0 Å². The van der Waals surface area contributed by atoms with E-state index in [0.29, 0.717) is 12.5 Å². The first-order valence-electron chi connectivity index (χ1n) is 6.68. The Bertz CT molecular complexity index is 324. The summed E-state index contributed by atoms with van der Waals surface area (Å²) in [5.74, 6) is 1.57. The Morgan fingerprint density at radius 1 is 1.18 bits per heavy atom. The molecule has 2 atom stereocenters. The second kappa shape index (κ2) is 7.33. The van der Waals surface area contributed by atoms with Crippen LogP contribution < -0.4 is 10.5 Å². The molecular weight excluding hydrogens is 210 g/mol. The monoisotopic (exact) mass is 235 g/mol. The van der Waals surface area contributed by atoms with Gasteiger partial charge in [0.2, 0.25) is 0 Å². The summed E-state index contributed by atoms with van der Waals surface area (Å²) in [7, 11) is 0. The summed E-state index contributed by atoms with van der Waals surface area (Å²) in [6.07, 6.45) is 3.30. The fraction of sp³-hybridized carbons (Fsp3) is 0.600. The SMILES string of the molecule is CCC(CCN)Oc1ccccc1C(C)CC. The van der Waals surface area contributed by atoms with Crippen LogP contribution in [0.15, 0.2) is 24.3 Å². The Balaban J connectivity index is 2.81. The fourth-order valence-electron chi connectivity index (χ4n) is 1.93. The van der Waals surface area contributed by atoms with E-state index >= 15 is 0 Å². The van der Waals surface area contributed by atoms with E-state index < -0.39 is 0 Å². The average molecular weight is 235 g/mol. The molecular formula is C15H25NO. The average Bonchev–Trinajstić information content (AvgIpc) is 2.38. The highest BCUT2D eigenvalue weighted by Gasteiger charge is 2.13. The van der Waals surface area contributed by atoms with E-state index in [0.717, 1.165) is 25.0 Å². The molecule has 96 valence electrons. The molecule has 1 rings (SSSR count). The number of hydrogen-bond donors (Lipinski definition) is 1. The van der Waals surface area contributed by atoms with Crippen molar-refractivity contribution in [2.75, 3.05) is 6.54 Å². The molecule has 2 heteroatoms. The summed E-state index contributed by atoms with van der Waals surface area (Å²) in [6, 6.07) is 8.36. The lowest BCUT2D eigenvalue weighted by Gasteiger charge is -2.21. The van der Waals surface area contributed by atoms with Crippen LogP contribution in [0.2, 0.25) is 0 Å². The van der Waals surface area contributed by atoms with Crippen LogP contribution in [0.4, 0.5) is 0 Å². The molecule has 0 aliphatic carbocycles. The van der Waals surface area contributed by atoms with Gasteiger partial charge in [-0.15, -0.1) is 0 Å². The fourth-order valence-corrected chi connectivity index (χ4v) is 1.93. The number of ether oxygens (including phenoxy) is 1. The van der Waals surface area contributed by atoms with E-state index in [-0.39, 0.29) is 6.10 Å². The van der Waals surface area contributed by atoms with Gasteiger partial charge in [0.15, 0.2) is 0 Å². The first-order valence-corrected chi connectivity index (χ1v) is 6.68. The molecule has 0 spiro atoms. The molecule has 2 N–H and O–H groups in total. The van der Waals surface area contributed by atoms with Gasteiger partial charge in [0, 0.05) is 0 Å².